The van der Waals surface area contributed by atoms with E-state index in [1.807, 2.05) is 13.8 Å². The Morgan fingerprint density at radius 2 is 1.88 bits per heavy atom. The second-order valence-electron chi connectivity index (χ2n) is 6.89. The van der Waals surface area contributed by atoms with Crippen LogP contribution >= 0.6 is 0 Å². The molecule has 6 heteroatoms. The summed E-state index contributed by atoms with van der Waals surface area (Å²) < 4.78 is 4.64. The monoisotopic (exact) mass is 345 g/mol. The van der Waals surface area contributed by atoms with E-state index in [-0.39, 0.29) is 58.9 Å². The molecule has 0 aliphatic heterocycles. The Balaban J connectivity index is 2.46. The Morgan fingerprint density at radius 3 is 2.48 bits per heavy atom. The van der Waals surface area contributed by atoms with Crippen molar-refractivity contribution < 1.29 is 24.5 Å². The highest BCUT2D eigenvalue weighted by Gasteiger charge is 2.35. The van der Waals surface area contributed by atoms with Crippen LogP contribution in [0, 0.1) is 5.41 Å². The number of nitrogens with zero attached hydrogens (tertiary/aromatic N) is 1. The van der Waals surface area contributed by atoms with Gasteiger partial charge in [-0.25, -0.2) is 4.99 Å². The van der Waals surface area contributed by atoms with Gasteiger partial charge in [0.25, 0.3) is 0 Å². The second kappa shape index (κ2) is 7.51. The van der Waals surface area contributed by atoms with E-state index >= 15 is 0 Å². The molecule has 1 aliphatic carbocycles. The van der Waals surface area contributed by atoms with Gasteiger partial charge in [-0.1, -0.05) is 26.0 Å². The summed E-state index contributed by atoms with van der Waals surface area (Å²) in [5.74, 6) is -0.719. The van der Waals surface area contributed by atoms with Crippen molar-refractivity contribution in [1.82, 2.24) is 0 Å². The number of hydrogen-bond donors (Lipinski definition) is 2. The van der Waals surface area contributed by atoms with Crippen LogP contribution in [0.15, 0.2) is 40.6 Å². The predicted octanol–water partition coefficient (Wildman–Crippen LogP) is 3.62. The lowest BCUT2D eigenvalue weighted by Gasteiger charge is -2.30. The number of aliphatic hydroxyl groups excluding tert-OH is 1. The zero-order chi connectivity index (χ0) is 18.6. The molecular weight excluding hydrogens is 322 g/mol. The zero-order valence-electron chi connectivity index (χ0n) is 14.7. The van der Waals surface area contributed by atoms with Crippen LogP contribution in [0.4, 0.5) is 5.69 Å². The minimum atomic E-state index is -0.436. The summed E-state index contributed by atoms with van der Waals surface area (Å²) in [5, 5.41) is 20.3. The van der Waals surface area contributed by atoms with Gasteiger partial charge in [0.1, 0.15) is 17.2 Å². The fourth-order valence-corrected chi connectivity index (χ4v) is 2.88. The number of benzene rings is 1. The fraction of sp³-hybridized carbons (Fsp3) is 0.421. The lowest BCUT2D eigenvalue weighted by Crippen LogP contribution is -2.29. The number of ether oxygens (including phenoxy) is 1. The minimum absolute atomic E-state index is 0.0242. The van der Waals surface area contributed by atoms with Crippen molar-refractivity contribution in [2.24, 2.45) is 10.4 Å². The summed E-state index contributed by atoms with van der Waals surface area (Å²) >= 11 is 0. The van der Waals surface area contributed by atoms with Crippen molar-refractivity contribution in [2.45, 2.75) is 39.5 Å². The van der Waals surface area contributed by atoms with E-state index in [2.05, 4.69) is 9.73 Å². The lowest BCUT2D eigenvalue weighted by molar-refractivity contribution is -0.140. The van der Waals surface area contributed by atoms with Crippen molar-refractivity contribution in [2.75, 3.05) is 7.11 Å². The third kappa shape index (κ3) is 4.68. The number of phenols is 1. The van der Waals surface area contributed by atoms with Crippen LogP contribution in [0.5, 0.6) is 5.75 Å². The molecule has 0 aromatic heterocycles. The van der Waals surface area contributed by atoms with Crippen LogP contribution in [0.1, 0.15) is 39.5 Å². The number of carbonyl (C=O) groups excluding carboxylic acids is 2. The number of aliphatic hydroxyl groups is 1. The molecule has 0 fully saturated rings. The van der Waals surface area contributed by atoms with Gasteiger partial charge in [-0.2, -0.15) is 0 Å². The zero-order valence-corrected chi connectivity index (χ0v) is 14.7. The largest absolute Gasteiger partial charge is 0.511 e. The van der Waals surface area contributed by atoms with Crippen molar-refractivity contribution in [3.63, 3.8) is 0 Å². The molecule has 0 saturated carbocycles. The Labute approximate surface area is 146 Å². The number of esters is 1. The molecule has 1 aromatic rings. The number of Topliss-reactive ketones (excluding diaryl/α,β-unsaturated/α-hetero) is 1. The van der Waals surface area contributed by atoms with Gasteiger partial charge in [0.05, 0.1) is 24.8 Å². The molecule has 6 nitrogen and oxygen atoms in total. The highest BCUT2D eigenvalue weighted by Crippen LogP contribution is 2.37. The van der Waals surface area contributed by atoms with Crippen molar-refractivity contribution in [3.05, 3.63) is 35.6 Å². The summed E-state index contributed by atoms with van der Waals surface area (Å²) in [7, 11) is 1.28. The SMILES string of the molecule is COC(=O)CCC(=Nc1ccccc1O)C1=C(O)CC(C)(C)CC1=O. The lowest BCUT2D eigenvalue weighted by atomic mass is 9.75. The summed E-state index contributed by atoms with van der Waals surface area (Å²) in [6, 6.07) is 6.45. The third-order valence-electron chi connectivity index (χ3n) is 4.07. The first-order chi connectivity index (χ1) is 11.7. The van der Waals surface area contributed by atoms with Crippen LogP contribution in [0.3, 0.4) is 0 Å². The number of carbonyl (C=O) groups is 2. The summed E-state index contributed by atoms with van der Waals surface area (Å²) in [5.41, 5.74) is 0.379. The maximum absolute atomic E-state index is 12.6. The Kier molecular flexibility index (Phi) is 5.62. The number of rotatable bonds is 5. The highest BCUT2D eigenvalue weighted by atomic mass is 16.5. The molecule has 2 N–H and O–H groups in total. The molecule has 0 saturated heterocycles. The number of aromatic hydroxyl groups is 1. The molecule has 0 atom stereocenters. The van der Waals surface area contributed by atoms with Crippen molar-refractivity contribution in [1.29, 1.82) is 0 Å². The van der Waals surface area contributed by atoms with Crippen LogP contribution in [0.2, 0.25) is 0 Å². The molecule has 25 heavy (non-hydrogen) atoms. The van der Waals surface area contributed by atoms with E-state index < -0.39 is 5.97 Å². The number of hydrogen-bond acceptors (Lipinski definition) is 6. The normalized spacial score (nSPS) is 17.6. The van der Waals surface area contributed by atoms with Crippen molar-refractivity contribution >= 4 is 23.2 Å². The van der Waals surface area contributed by atoms with Gasteiger partial charge in [-0.3, -0.25) is 9.59 Å². The van der Waals surface area contributed by atoms with Crippen LogP contribution < -0.4 is 0 Å². The summed E-state index contributed by atoms with van der Waals surface area (Å²) in [6.45, 7) is 3.82. The first-order valence-corrected chi connectivity index (χ1v) is 8.11. The second-order valence-corrected chi connectivity index (χ2v) is 6.89. The molecule has 0 unspecified atom stereocenters. The Hall–Kier alpha value is -2.63. The Morgan fingerprint density at radius 1 is 1.20 bits per heavy atom. The molecule has 0 amide bonds. The number of para-hydroxylation sites is 2. The maximum Gasteiger partial charge on any atom is 0.305 e. The number of phenolic OH excluding ortho intramolecular Hbond substituents is 1. The average molecular weight is 345 g/mol. The smallest absolute Gasteiger partial charge is 0.305 e. The first-order valence-electron chi connectivity index (χ1n) is 8.11. The Bertz CT molecular complexity index is 746. The molecule has 134 valence electrons. The van der Waals surface area contributed by atoms with Crippen LogP contribution in [-0.2, 0) is 14.3 Å². The van der Waals surface area contributed by atoms with Crippen LogP contribution in [-0.4, -0.2) is 34.8 Å². The summed E-state index contributed by atoms with van der Waals surface area (Å²) in [4.78, 5) is 28.4. The molecule has 0 radical (unpaired) electrons. The van der Waals surface area contributed by atoms with Gasteiger partial charge in [0.15, 0.2) is 5.78 Å². The highest BCUT2D eigenvalue weighted by molar-refractivity contribution is 6.24. The molecule has 0 spiro atoms. The van der Waals surface area contributed by atoms with E-state index in [0.29, 0.717) is 6.42 Å². The van der Waals surface area contributed by atoms with E-state index in [4.69, 9.17) is 0 Å². The third-order valence-corrected chi connectivity index (χ3v) is 4.07. The standard InChI is InChI=1S/C19H23NO5/c1-19(2)10-15(22)18(16(23)11-19)13(8-9-17(24)25-3)20-12-6-4-5-7-14(12)21/h4-7,21-22H,8-11H2,1-3H3. The number of allylic oxidation sites excluding steroid dienone is 2. The van der Waals surface area contributed by atoms with Gasteiger partial charge < -0.3 is 14.9 Å². The van der Waals surface area contributed by atoms with Gasteiger partial charge in [0, 0.05) is 19.3 Å². The van der Waals surface area contributed by atoms with Crippen molar-refractivity contribution in [3.8, 4) is 5.75 Å². The molecular formula is C19H23NO5. The van der Waals surface area contributed by atoms with E-state index in [1.165, 1.54) is 13.2 Å². The van der Waals surface area contributed by atoms with E-state index in [9.17, 15) is 19.8 Å². The molecule has 1 aromatic carbocycles. The molecule has 0 bridgehead atoms. The van der Waals surface area contributed by atoms with Gasteiger partial charge in [0.2, 0.25) is 0 Å². The van der Waals surface area contributed by atoms with E-state index in [0.717, 1.165) is 0 Å². The molecule has 0 heterocycles. The molecule has 2 rings (SSSR count). The van der Waals surface area contributed by atoms with Gasteiger partial charge in [-0.15, -0.1) is 0 Å². The van der Waals surface area contributed by atoms with E-state index in [1.54, 1.807) is 18.2 Å². The minimum Gasteiger partial charge on any atom is -0.511 e. The van der Waals surface area contributed by atoms with Gasteiger partial charge in [-0.05, 0) is 17.5 Å². The summed E-state index contributed by atoms with van der Waals surface area (Å²) in [6.07, 6.45) is 0.791. The predicted molar refractivity (Wildman–Crippen MR) is 94.1 cm³/mol. The number of aliphatic imine (C=N–C) groups is 1. The quantitative estimate of drug-likeness (QED) is 0.627. The number of ketones is 1. The topological polar surface area (TPSA) is 96.2 Å². The average Bonchev–Trinajstić information content (AvgIpc) is 2.52. The fourth-order valence-electron chi connectivity index (χ4n) is 2.88. The number of methoxy groups -OCH3 is 1. The molecule has 1 aliphatic rings. The van der Waals surface area contributed by atoms with Crippen LogP contribution in [0.25, 0.3) is 0 Å². The maximum atomic E-state index is 12.6. The first kappa shape index (κ1) is 18.7. The van der Waals surface area contributed by atoms with Gasteiger partial charge >= 0.3 is 5.97 Å².